The lowest BCUT2D eigenvalue weighted by atomic mass is 9.99. The van der Waals surface area contributed by atoms with Gasteiger partial charge in [-0.25, -0.2) is 9.59 Å². The van der Waals surface area contributed by atoms with Gasteiger partial charge in [0.2, 0.25) is 0 Å². The summed E-state index contributed by atoms with van der Waals surface area (Å²) in [4.78, 5) is 23.6. The molecule has 158 valence electrons. The van der Waals surface area contributed by atoms with Crippen molar-refractivity contribution in [3.63, 3.8) is 0 Å². The Labute approximate surface area is 167 Å². The molecule has 0 radical (unpaired) electrons. The first kappa shape index (κ1) is 21.4. The number of carbonyl (C=O) groups is 2. The predicted octanol–water partition coefficient (Wildman–Crippen LogP) is -0.371. The molecule has 7 atom stereocenters. The largest absolute Gasteiger partial charge is 0.463 e. The van der Waals surface area contributed by atoms with Gasteiger partial charge in [-0.05, 0) is 11.6 Å². The molecule has 9 heteroatoms. The molecule has 2 aliphatic heterocycles. The maximum absolute atomic E-state index is 11.9. The lowest BCUT2D eigenvalue weighted by Crippen LogP contribution is -2.60. The molecular formula is C20H24O9. The summed E-state index contributed by atoms with van der Waals surface area (Å²) in [7, 11) is 0. The molecule has 1 aromatic carbocycles. The van der Waals surface area contributed by atoms with Gasteiger partial charge >= 0.3 is 11.9 Å². The van der Waals surface area contributed by atoms with Crippen molar-refractivity contribution in [3.05, 3.63) is 42.0 Å². The van der Waals surface area contributed by atoms with Crippen LogP contribution in [0.5, 0.6) is 0 Å². The maximum atomic E-state index is 11.9. The van der Waals surface area contributed by atoms with E-state index in [2.05, 4.69) is 0 Å². The number of carbonyl (C=O) groups excluding carboxylic acids is 2. The van der Waals surface area contributed by atoms with Crippen LogP contribution in [0.25, 0.3) is 6.08 Å². The summed E-state index contributed by atoms with van der Waals surface area (Å²) in [6.45, 7) is 1.52. The first-order valence-corrected chi connectivity index (χ1v) is 9.28. The number of benzene rings is 1. The summed E-state index contributed by atoms with van der Waals surface area (Å²) in [6.07, 6.45) is -5.42. The Balaban J connectivity index is 1.57. The molecule has 29 heavy (non-hydrogen) atoms. The molecule has 0 saturated carbocycles. The Morgan fingerprint density at radius 3 is 2.55 bits per heavy atom. The van der Waals surface area contributed by atoms with E-state index >= 15 is 0 Å². The highest BCUT2D eigenvalue weighted by Crippen LogP contribution is 2.27. The number of rotatable bonds is 6. The highest BCUT2D eigenvalue weighted by atomic mass is 16.7. The van der Waals surface area contributed by atoms with Crippen molar-refractivity contribution >= 4 is 18.0 Å². The van der Waals surface area contributed by atoms with E-state index in [4.69, 9.17) is 18.9 Å². The second kappa shape index (κ2) is 9.47. The molecule has 2 fully saturated rings. The summed E-state index contributed by atoms with van der Waals surface area (Å²) in [5.74, 6) is -1.53. The van der Waals surface area contributed by atoms with Crippen LogP contribution in [-0.2, 0) is 28.5 Å². The number of hydrogen-bond donors (Lipinski definition) is 3. The van der Waals surface area contributed by atoms with Crippen molar-refractivity contribution in [1.29, 1.82) is 0 Å². The Morgan fingerprint density at radius 1 is 1.17 bits per heavy atom. The molecule has 0 spiro atoms. The predicted molar refractivity (Wildman–Crippen MR) is 98.1 cm³/mol. The SMILES string of the molecule is CC1COC(=O)C1OC1OC(COC(=O)C=Cc2ccccc2)C(O)C(O)C1O. The van der Waals surface area contributed by atoms with Crippen LogP contribution in [0.15, 0.2) is 36.4 Å². The molecule has 3 rings (SSSR count). The van der Waals surface area contributed by atoms with Crippen LogP contribution in [0.4, 0.5) is 0 Å². The zero-order valence-electron chi connectivity index (χ0n) is 15.8. The van der Waals surface area contributed by atoms with Gasteiger partial charge in [0.25, 0.3) is 0 Å². The van der Waals surface area contributed by atoms with E-state index in [1.54, 1.807) is 13.0 Å². The molecule has 2 heterocycles. The normalized spacial score (nSPS) is 34.9. The van der Waals surface area contributed by atoms with Gasteiger partial charge < -0.3 is 34.3 Å². The quantitative estimate of drug-likeness (QED) is 0.426. The van der Waals surface area contributed by atoms with Gasteiger partial charge in [0.05, 0.1) is 6.61 Å². The lowest BCUT2D eigenvalue weighted by Gasteiger charge is -2.40. The van der Waals surface area contributed by atoms with Crippen LogP contribution >= 0.6 is 0 Å². The minimum Gasteiger partial charge on any atom is -0.463 e. The zero-order valence-corrected chi connectivity index (χ0v) is 15.8. The van der Waals surface area contributed by atoms with Crippen molar-refractivity contribution in [2.24, 2.45) is 5.92 Å². The van der Waals surface area contributed by atoms with E-state index in [-0.39, 0.29) is 19.1 Å². The van der Waals surface area contributed by atoms with E-state index in [1.807, 2.05) is 30.3 Å². The minimum atomic E-state index is -1.61. The van der Waals surface area contributed by atoms with Crippen molar-refractivity contribution in [3.8, 4) is 0 Å². The topological polar surface area (TPSA) is 132 Å². The van der Waals surface area contributed by atoms with Crippen LogP contribution in [0, 0.1) is 5.92 Å². The van der Waals surface area contributed by atoms with E-state index in [0.717, 1.165) is 5.56 Å². The number of hydrogen-bond acceptors (Lipinski definition) is 9. The Hall–Kier alpha value is -2.30. The average Bonchev–Trinajstić information content (AvgIpc) is 3.04. The monoisotopic (exact) mass is 408 g/mol. The summed E-state index contributed by atoms with van der Waals surface area (Å²) in [5.41, 5.74) is 0.808. The molecule has 2 saturated heterocycles. The smallest absolute Gasteiger partial charge is 0.335 e. The van der Waals surface area contributed by atoms with Crippen molar-refractivity contribution in [1.82, 2.24) is 0 Å². The molecule has 3 N–H and O–H groups in total. The van der Waals surface area contributed by atoms with Gasteiger partial charge in [0.15, 0.2) is 12.4 Å². The van der Waals surface area contributed by atoms with Crippen molar-refractivity contribution < 1.29 is 43.9 Å². The van der Waals surface area contributed by atoms with E-state index in [1.165, 1.54) is 6.08 Å². The first-order chi connectivity index (χ1) is 13.9. The summed E-state index contributed by atoms with van der Waals surface area (Å²) >= 11 is 0. The second-order valence-electron chi connectivity index (χ2n) is 7.05. The number of aliphatic hydroxyl groups is 3. The molecule has 0 aliphatic carbocycles. The third-order valence-corrected chi connectivity index (χ3v) is 4.79. The average molecular weight is 408 g/mol. The van der Waals surface area contributed by atoms with Gasteiger partial charge in [-0.3, -0.25) is 0 Å². The summed E-state index contributed by atoms with van der Waals surface area (Å²) in [5, 5.41) is 30.3. The van der Waals surface area contributed by atoms with E-state index in [9.17, 15) is 24.9 Å². The standard InChI is InChI=1S/C20H24O9/c1-11-9-27-19(25)18(11)29-20-17(24)16(23)15(22)13(28-20)10-26-14(21)8-7-12-5-3-2-4-6-12/h2-8,11,13,15-18,20,22-24H,9-10H2,1H3. The fraction of sp³-hybridized carbons (Fsp3) is 0.500. The molecule has 2 aliphatic rings. The number of cyclic esters (lactones) is 1. The van der Waals surface area contributed by atoms with E-state index < -0.39 is 48.7 Å². The molecule has 9 nitrogen and oxygen atoms in total. The number of aliphatic hydroxyl groups excluding tert-OH is 3. The van der Waals surface area contributed by atoms with Crippen LogP contribution in [0.2, 0.25) is 0 Å². The van der Waals surface area contributed by atoms with Crippen LogP contribution < -0.4 is 0 Å². The van der Waals surface area contributed by atoms with Crippen LogP contribution in [-0.4, -0.2) is 77.3 Å². The van der Waals surface area contributed by atoms with Gasteiger partial charge in [-0.1, -0.05) is 37.3 Å². The molecular weight excluding hydrogens is 384 g/mol. The van der Waals surface area contributed by atoms with E-state index in [0.29, 0.717) is 0 Å². The molecule has 0 amide bonds. The second-order valence-corrected chi connectivity index (χ2v) is 7.05. The van der Waals surface area contributed by atoms with Gasteiger partial charge in [0, 0.05) is 12.0 Å². The summed E-state index contributed by atoms with van der Waals surface area (Å²) in [6, 6.07) is 9.12. The molecule has 7 unspecified atom stereocenters. The fourth-order valence-corrected chi connectivity index (χ4v) is 3.06. The summed E-state index contributed by atoms with van der Waals surface area (Å²) < 4.78 is 20.9. The molecule has 1 aromatic rings. The lowest BCUT2D eigenvalue weighted by molar-refractivity contribution is -0.310. The van der Waals surface area contributed by atoms with Gasteiger partial charge in [-0.15, -0.1) is 0 Å². The first-order valence-electron chi connectivity index (χ1n) is 9.28. The number of esters is 2. The number of ether oxygens (including phenoxy) is 4. The Bertz CT molecular complexity index is 735. The van der Waals surface area contributed by atoms with Crippen LogP contribution in [0.1, 0.15) is 12.5 Å². The third-order valence-electron chi connectivity index (χ3n) is 4.79. The highest BCUT2D eigenvalue weighted by Gasteiger charge is 2.47. The van der Waals surface area contributed by atoms with Crippen molar-refractivity contribution in [2.75, 3.05) is 13.2 Å². The minimum absolute atomic E-state index is 0.173. The maximum Gasteiger partial charge on any atom is 0.335 e. The molecule has 0 bridgehead atoms. The fourth-order valence-electron chi connectivity index (χ4n) is 3.06. The third kappa shape index (κ3) is 5.20. The zero-order chi connectivity index (χ0) is 21.0. The Morgan fingerprint density at radius 2 is 1.90 bits per heavy atom. The molecule has 0 aromatic heterocycles. The van der Waals surface area contributed by atoms with Gasteiger partial charge in [-0.2, -0.15) is 0 Å². The Kier molecular flexibility index (Phi) is 6.99. The van der Waals surface area contributed by atoms with Crippen molar-refractivity contribution in [2.45, 2.75) is 43.7 Å². The highest BCUT2D eigenvalue weighted by molar-refractivity contribution is 5.87. The van der Waals surface area contributed by atoms with Gasteiger partial charge in [0.1, 0.15) is 31.0 Å². The van der Waals surface area contributed by atoms with Crippen LogP contribution in [0.3, 0.4) is 0 Å².